The second-order valence-electron chi connectivity index (χ2n) is 8.56. The SMILES string of the molecule is CC[C@@H](NC(=O)OCC1c2ccccc2-c2ccccc21)C(=O)N1CC(C(C)C(=O)O)C1. The molecule has 2 atom stereocenters. The largest absolute Gasteiger partial charge is 0.481 e. The van der Waals surface area contributed by atoms with Crippen LogP contribution in [0.4, 0.5) is 4.79 Å². The van der Waals surface area contributed by atoms with Crippen molar-refractivity contribution in [1.29, 1.82) is 0 Å². The maximum absolute atomic E-state index is 12.7. The Morgan fingerprint density at radius 3 is 2.16 bits per heavy atom. The summed E-state index contributed by atoms with van der Waals surface area (Å²) in [6, 6.07) is 15.5. The number of hydrogen-bond donors (Lipinski definition) is 2. The van der Waals surface area contributed by atoms with Gasteiger partial charge in [0.2, 0.25) is 5.91 Å². The molecule has 2 aromatic carbocycles. The molecular formula is C25H28N2O5. The van der Waals surface area contributed by atoms with E-state index >= 15 is 0 Å². The summed E-state index contributed by atoms with van der Waals surface area (Å²) < 4.78 is 5.55. The number of hydrogen-bond acceptors (Lipinski definition) is 4. The van der Waals surface area contributed by atoms with Crippen LogP contribution in [0.1, 0.15) is 37.3 Å². The predicted molar refractivity (Wildman–Crippen MR) is 119 cm³/mol. The molecule has 32 heavy (non-hydrogen) atoms. The highest BCUT2D eigenvalue weighted by molar-refractivity contribution is 5.86. The van der Waals surface area contributed by atoms with Crippen LogP contribution >= 0.6 is 0 Å². The van der Waals surface area contributed by atoms with E-state index in [1.54, 1.807) is 11.8 Å². The number of alkyl carbamates (subject to hydrolysis) is 1. The lowest BCUT2D eigenvalue weighted by Crippen LogP contribution is -2.58. The predicted octanol–water partition coefficient (Wildman–Crippen LogP) is 3.48. The molecule has 1 aliphatic carbocycles. The lowest BCUT2D eigenvalue weighted by atomic mass is 9.86. The quantitative estimate of drug-likeness (QED) is 0.693. The minimum Gasteiger partial charge on any atom is -0.481 e. The molecule has 1 saturated heterocycles. The van der Waals surface area contributed by atoms with Crippen LogP contribution in [0.15, 0.2) is 48.5 Å². The Hall–Kier alpha value is -3.35. The van der Waals surface area contributed by atoms with Crippen LogP contribution in [0.2, 0.25) is 0 Å². The van der Waals surface area contributed by atoms with E-state index < -0.39 is 24.0 Å². The molecule has 1 fully saturated rings. The number of nitrogens with one attached hydrogen (secondary N) is 1. The zero-order valence-corrected chi connectivity index (χ0v) is 18.3. The van der Waals surface area contributed by atoms with E-state index in [1.165, 1.54) is 0 Å². The van der Waals surface area contributed by atoms with E-state index in [2.05, 4.69) is 29.6 Å². The van der Waals surface area contributed by atoms with Crippen LogP contribution in [-0.2, 0) is 14.3 Å². The van der Waals surface area contributed by atoms with E-state index in [9.17, 15) is 14.4 Å². The fourth-order valence-corrected chi connectivity index (χ4v) is 4.55. The first-order chi connectivity index (χ1) is 15.4. The van der Waals surface area contributed by atoms with Gasteiger partial charge in [-0.3, -0.25) is 9.59 Å². The number of fused-ring (bicyclic) bond motifs is 3. The number of likely N-dealkylation sites (tertiary alicyclic amines) is 1. The van der Waals surface area contributed by atoms with Crippen LogP contribution in [-0.4, -0.2) is 53.7 Å². The normalized spacial score (nSPS) is 17.0. The maximum atomic E-state index is 12.7. The van der Waals surface area contributed by atoms with E-state index in [4.69, 9.17) is 9.84 Å². The average Bonchev–Trinajstić information content (AvgIpc) is 3.08. The first-order valence-corrected chi connectivity index (χ1v) is 11.0. The molecule has 0 radical (unpaired) electrons. The Morgan fingerprint density at radius 1 is 1.06 bits per heavy atom. The molecule has 0 spiro atoms. The third-order valence-corrected chi connectivity index (χ3v) is 6.66. The van der Waals surface area contributed by atoms with E-state index in [1.807, 2.05) is 31.2 Å². The highest BCUT2D eigenvalue weighted by atomic mass is 16.5. The zero-order valence-electron chi connectivity index (χ0n) is 18.3. The summed E-state index contributed by atoms with van der Waals surface area (Å²) in [5, 5.41) is 11.8. The molecule has 7 nitrogen and oxygen atoms in total. The number of nitrogens with zero attached hydrogens (tertiary/aromatic N) is 1. The standard InChI is InChI=1S/C25H28N2O5/c1-3-22(23(28)27-12-16(13-27)15(2)24(29)30)26-25(31)32-14-21-19-10-6-4-8-17(19)18-9-5-7-11-20(18)21/h4-11,15-16,21-22H,3,12-14H2,1-2H3,(H,26,31)(H,29,30)/t15?,22-/m1/s1. The highest BCUT2D eigenvalue weighted by Crippen LogP contribution is 2.44. The Balaban J connectivity index is 1.34. The van der Waals surface area contributed by atoms with Gasteiger partial charge in [-0.05, 0) is 28.7 Å². The smallest absolute Gasteiger partial charge is 0.407 e. The molecule has 7 heteroatoms. The van der Waals surface area contributed by atoms with Gasteiger partial charge in [0.1, 0.15) is 12.6 Å². The molecule has 2 aliphatic rings. The number of benzene rings is 2. The minimum absolute atomic E-state index is 0.0439. The Morgan fingerprint density at radius 2 is 1.62 bits per heavy atom. The van der Waals surface area contributed by atoms with Crippen LogP contribution < -0.4 is 5.32 Å². The maximum Gasteiger partial charge on any atom is 0.407 e. The molecule has 1 unspecified atom stereocenters. The third kappa shape index (κ3) is 4.07. The molecule has 168 valence electrons. The van der Waals surface area contributed by atoms with Crippen LogP contribution in [0.5, 0.6) is 0 Å². The lowest BCUT2D eigenvalue weighted by Gasteiger charge is -2.42. The van der Waals surface area contributed by atoms with Crippen molar-refractivity contribution in [3.05, 3.63) is 59.7 Å². The number of amides is 2. The third-order valence-electron chi connectivity index (χ3n) is 6.66. The van der Waals surface area contributed by atoms with Crippen LogP contribution in [0, 0.1) is 11.8 Å². The molecule has 0 bridgehead atoms. The summed E-state index contributed by atoms with van der Waals surface area (Å²) in [4.78, 5) is 37.9. The first kappa shape index (κ1) is 21.9. The van der Waals surface area contributed by atoms with Crippen LogP contribution in [0.25, 0.3) is 11.1 Å². The van der Waals surface area contributed by atoms with Gasteiger partial charge in [0.05, 0.1) is 5.92 Å². The Labute approximate surface area is 187 Å². The topological polar surface area (TPSA) is 95.9 Å². The first-order valence-electron chi connectivity index (χ1n) is 11.0. The van der Waals surface area contributed by atoms with Crippen molar-refractivity contribution >= 4 is 18.0 Å². The summed E-state index contributed by atoms with van der Waals surface area (Å²) in [5.74, 6) is -1.64. The number of carboxylic acids is 1. The van der Waals surface area contributed by atoms with Crippen molar-refractivity contribution in [3.63, 3.8) is 0 Å². The van der Waals surface area contributed by atoms with Crippen molar-refractivity contribution in [3.8, 4) is 11.1 Å². The second kappa shape index (κ2) is 9.02. The molecule has 2 amide bonds. The molecule has 4 rings (SSSR count). The molecule has 2 aromatic rings. The number of carbonyl (C=O) groups excluding carboxylic acids is 2. The average molecular weight is 437 g/mol. The number of ether oxygens (including phenoxy) is 1. The van der Waals surface area contributed by atoms with Gasteiger partial charge in [-0.2, -0.15) is 0 Å². The molecule has 1 aliphatic heterocycles. The molecule has 1 heterocycles. The Kier molecular flexibility index (Phi) is 6.17. The second-order valence-corrected chi connectivity index (χ2v) is 8.56. The molecule has 2 N–H and O–H groups in total. The van der Waals surface area contributed by atoms with Gasteiger partial charge in [-0.15, -0.1) is 0 Å². The highest BCUT2D eigenvalue weighted by Gasteiger charge is 2.39. The minimum atomic E-state index is -0.856. The molecule has 0 saturated carbocycles. The Bertz CT molecular complexity index is 985. The van der Waals surface area contributed by atoms with Crippen molar-refractivity contribution in [2.24, 2.45) is 11.8 Å². The van der Waals surface area contributed by atoms with Gasteiger partial charge in [-0.25, -0.2) is 4.79 Å². The van der Waals surface area contributed by atoms with Crippen molar-refractivity contribution in [1.82, 2.24) is 10.2 Å². The fraction of sp³-hybridized carbons (Fsp3) is 0.400. The summed E-state index contributed by atoms with van der Waals surface area (Å²) in [7, 11) is 0. The van der Waals surface area contributed by atoms with E-state index in [0.717, 1.165) is 22.3 Å². The van der Waals surface area contributed by atoms with Gasteiger partial charge < -0.3 is 20.1 Å². The van der Waals surface area contributed by atoms with Gasteiger partial charge in [0.15, 0.2) is 0 Å². The number of carboxylic acid groups (broad SMARTS) is 1. The van der Waals surface area contributed by atoms with E-state index in [0.29, 0.717) is 19.5 Å². The van der Waals surface area contributed by atoms with Crippen LogP contribution in [0.3, 0.4) is 0 Å². The monoisotopic (exact) mass is 436 g/mol. The molecular weight excluding hydrogens is 408 g/mol. The number of aliphatic carboxylic acids is 1. The van der Waals surface area contributed by atoms with Gasteiger partial charge >= 0.3 is 12.1 Å². The van der Waals surface area contributed by atoms with Crippen molar-refractivity contribution in [2.75, 3.05) is 19.7 Å². The number of rotatable bonds is 7. The zero-order chi connectivity index (χ0) is 22.8. The summed E-state index contributed by atoms with van der Waals surface area (Å²) in [6.45, 7) is 4.46. The van der Waals surface area contributed by atoms with E-state index in [-0.39, 0.29) is 24.3 Å². The van der Waals surface area contributed by atoms with Crippen molar-refractivity contribution in [2.45, 2.75) is 32.2 Å². The van der Waals surface area contributed by atoms with Gasteiger partial charge in [-0.1, -0.05) is 62.4 Å². The van der Waals surface area contributed by atoms with Gasteiger partial charge in [0, 0.05) is 24.9 Å². The van der Waals surface area contributed by atoms with Crippen molar-refractivity contribution < 1.29 is 24.2 Å². The summed E-state index contributed by atoms with van der Waals surface area (Å²) in [5.41, 5.74) is 4.57. The fourth-order valence-electron chi connectivity index (χ4n) is 4.55. The lowest BCUT2D eigenvalue weighted by molar-refractivity contribution is -0.151. The summed E-state index contributed by atoms with van der Waals surface area (Å²) >= 11 is 0. The van der Waals surface area contributed by atoms with Gasteiger partial charge in [0.25, 0.3) is 0 Å². The molecule has 0 aromatic heterocycles. The number of carbonyl (C=O) groups is 3. The summed E-state index contributed by atoms with van der Waals surface area (Å²) in [6.07, 6.45) is -0.193.